The van der Waals surface area contributed by atoms with Crippen LogP contribution in [0.15, 0.2) is 52.0 Å². The van der Waals surface area contributed by atoms with Gasteiger partial charge in [0.25, 0.3) is 11.1 Å². The molecular formula is C20H9F3N2O3S. The molecule has 29 heavy (non-hydrogen) atoms. The summed E-state index contributed by atoms with van der Waals surface area (Å²) in [5.74, 6) is 5.27. The highest BCUT2D eigenvalue weighted by atomic mass is 32.2. The SMILES string of the molecule is O=C1NC(=O)/C(=C/c2cc3cncc(C#Cc4cccc(C(F)(F)F)c4)c3o2)S1. The summed E-state index contributed by atoms with van der Waals surface area (Å²) in [7, 11) is 0. The van der Waals surface area contributed by atoms with E-state index in [0.717, 1.165) is 23.9 Å². The molecule has 0 aliphatic carbocycles. The van der Waals surface area contributed by atoms with Gasteiger partial charge >= 0.3 is 6.18 Å². The number of carbonyl (C=O) groups excluding carboxylic acids is 2. The smallest absolute Gasteiger partial charge is 0.416 e. The average molecular weight is 414 g/mol. The molecule has 1 N–H and O–H groups in total. The van der Waals surface area contributed by atoms with Gasteiger partial charge in [-0.15, -0.1) is 0 Å². The number of pyridine rings is 1. The molecule has 0 spiro atoms. The number of rotatable bonds is 1. The molecule has 1 fully saturated rings. The van der Waals surface area contributed by atoms with E-state index in [9.17, 15) is 22.8 Å². The maximum atomic E-state index is 12.8. The number of benzene rings is 1. The summed E-state index contributed by atoms with van der Waals surface area (Å²) in [6.45, 7) is 0. The van der Waals surface area contributed by atoms with Gasteiger partial charge in [-0.1, -0.05) is 17.9 Å². The van der Waals surface area contributed by atoms with Gasteiger partial charge in [-0.25, -0.2) is 0 Å². The van der Waals surface area contributed by atoms with Crippen molar-refractivity contribution in [3.63, 3.8) is 0 Å². The molecule has 0 unspecified atom stereocenters. The molecule has 0 saturated carbocycles. The van der Waals surface area contributed by atoms with Gasteiger partial charge < -0.3 is 4.42 Å². The van der Waals surface area contributed by atoms with Crippen LogP contribution in [-0.4, -0.2) is 16.1 Å². The van der Waals surface area contributed by atoms with Crippen molar-refractivity contribution in [1.82, 2.24) is 10.3 Å². The van der Waals surface area contributed by atoms with Gasteiger partial charge in [-0.3, -0.25) is 19.9 Å². The molecule has 1 saturated heterocycles. The van der Waals surface area contributed by atoms with Crippen molar-refractivity contribution in [3.05, 3.63) is 70.1 Å². The number of amides is 2. The van der Waals surface area contributed by atoms with Crippen molar-refractivity contribution >= 4 is 40.0 Å². The number of hydrogen-bond donors (Lipinski definition) is 1. The second-order valence-electron chi connectivity index (χ2n) is 5.93. The molecule has 1 aromatic carbocycles. The Balaban J connectivity index is 1.69. The minimum absolute atomic E-state index is 0.193. The Hall–Kier alpha value is -3.51. The first-order chi connectivity index (χ1) is 13.8. The van der Waals surface area contributed by atoms with Crippen molar-refractivity contribution in [3.8, 4) is 11.8 Å². The average Bonchev–Trinajstić information content (AvgIpc) is 3.22. The molecule has 4 rings (SSSR count). The number of imide groups is 1. The third-order valence-electron chi connectivity index (χ3n) is 3.89. The fraction of sp³-hybridized carbons (Fsp3) is 0.0500. The van der Waals surface area contributed by atoms with Crippen LogP contribution in [0, 0.1) is 11.8 Å². The first-order valence-electron chi connectivity index (χ1n) is 8.11. The molecular weight excluding hydrogens is 405 g/mol. The lowest BCUT2D eigenvalue weighted by Crippen LogP contribution is -2.17. The Morgan fingerprint density at radius 3 is 2.69 bits per heavy atom. The van der Waals surface area contributed by atoms with Crippen molar-refractivity contribution < 1.29 is 27.2 Å². The first-order valence-corrected chi connectivity index (χ1v) is 8.93. The zero-order valence-electron chi connectivity index (χ0n) is 14.3. The zero-order chi connectivity index (χ0) is 20.6. The highest BCUT2D eigenvalue weighted by Crippen LogP contribution is 2.30. The summed E-state index contributed by atoms with van der Waals surface area (Å²) in [6.07, 6.45) is -0.0588. The van der Waals surface area contributed by atoms with E-state index in [1.54, 1.807) is 6.07 Å². The highest BCUT2D eigenvalue weighted by molar-refractivity contribution is 8.18. The Labute approximate surface area is 166 Å². The van der Waals surface area contributed by atoms with Crippen molar-refractivity contribution in [1.29, 1.82) is 0 Å². The van der Waals surface area contributed by atoms with Crippen molar-refractivity contribution in [2.45, 2.75) is 6.18 Å². The largest absolute Gasteiger partial charge is 0.455 e. The van der Waals surface area contributed by atoms with Crippen LogP contribution in [0.5, 0.6) is 0 Å². The Morgan fingerprint density at radius 1 is 1.14 bits per heavy atom. The third kappa shape index (κ3) is 4.02. The van der Waals surface area contributed by atoms with Crippen LogP contribution in [0.4, 0.5) is 18.0 Å². The molecule has 0 atom stereocenters. The molecule has 2 aromatic heterocycles. The molecule has 3 heterocycles. The van der Waals surface area contributed by atoms with E-state index >= 15 is 0 Å². The molecule has 1 aliphatic rings. The summed E-state index contributed by atoms with van der Waals surface area (Å²) in [5.41, 5.74) is 0.169. The van der Waals surface area contributed by atoms with E-state index in [2.05, 4.69) is 22.1 Å². The van der Waals surface area contributed by atoms with Crippen LogP contribution in [0.3, 0.4) is 0 Å². The number of aromatic nitrogens is 1. The summed E-state index contributed by atoms with van der Waals surface area (Å²) >= 11 is 0.759. The highest BCUT2D eigenvalue weighted by Gasteiger charge is 2.30. The molecule has 1 aliphatic heterocycles. The maximum Gasteiger partial charge on any atom is 0.416 e. The molecule has 144 valence electrons. The summed E-state index contributed by atoms with van der Waals surface area (Å²) < 4.78 is 44.2. The number of thioether (sulfide) groups is 1. The van der Waals surface area contributed by atoms with Gasteiger partial charge in [0.15, 0.2) is 5.58 Å². The van der Waals surface area contributed by atoms with E-state index in [1.807, 2.05) is 0 Å². The Morgan fingerprint density at radius 2 is 1.97 bits per heavy atom. The van der Waals surface area contributed by atoms with E-state index < -0.39 is 22.9 Å². The van der Waals surface area contributed by atoms with E-state index in [-0.39, 0.29) is 10.5 Å². The Kier molecular flexibility index (Phi) is 4.64. The number of furan rings is 1. The number of carbonyl (C=O) groups is 2. The monoisotopic (exact) mass is 414 g/mol. The van der Waals surface area contributed by atoms with Gasteiger partial charge in [0.2, 0.25) is 0 Å². The lowest BCUT2D eigenvalue weighted by Gasteiger charge is -2.05. The van der Waals surface area contributed by atoms with Crippen LogP contribution in [0.2, 0.25) is 0 Å². The normalized spacial score (nSPS) is 15.5. The maximum absolute atomic E-state index is 12.8. The predicted molar refractivity (Wildman–Crippen MR) is 101 cm³/mol. The zero-order valence-corrected chi connectivity index (χ0v) is 15.1. The quantitative estimate of drug-likeness (QED) is 0.467. The summed E-state index contributed by atoms with van der Waals surface area (Å²) in [5, 5.41) is 2.28. The van der Waals surface area contributed by atoms with Gasteiger partial charge in [0.05, 0.1) is 16.0 Å². The van der Waals surface area contributed by atoms with Crippen LogP contribution in [0.1, 0.15) is 22.5 Å². The number of alkyl halides is 3. The topological polar surface area (TPSA) is 72.2 Å². The second kappa shape index (κ2) is 7.14. The lowest BCUT2D eigenvalue weighted by molar-refractivity contribution is -0.137. The fourth-order valence-electron chi connectivity index (χ4n) is 2.61. The molecule has 2 amide bonds. The molecule has 5 nitrogen and oxygen atoms in total. The second-order valence-corrected chi connectivity index (χ2v) is 6.95. The van der Waals surface area contributed by atoms with Crippen LogP contribution in [0.25, 0.3) is 17.0 Å². The van der Waals surface area contributed by atoms with Crippen LogP contribution >= 0.6 is 11.8 Å². The van der Waals surface area contributed by atoms with Crippen LogP contribution in [-0.2, 0) is 11.0 Å². The number of halogens is 3. The van der Waals surface area contributed by atoms with Gasteiger partial charge in [-0.2, -0.15) is 13.2 Å². The first kappa shape index (κ1) is 18.8. The van der Waals surface area contributed by atoms with E-state index in [4.69, 9.17) is 4.42 Å². The van der Waals surface area contributed by atoms with Crippen molar-refractivity contribution in [2.24, 2.45) is 0 Å². The van der Waals surface area contributed by atoms with Crippen LogP contribution < -0.4 is 5.32 Å². The van der Waals surface area contributed by atoms with E-state index in [0.29, 0.717) is 22.3 Å². The van der Waals surface area contributed by atoms with E-state index in [1.165, 1.54) is 30.6 Å². The molecule has 3 aromatic rings. The number of fused-ring (bicyclic) bond motifs is 1. The molecule has 0 radical (unpaired) electrons. The Bertz CT molecular complexity index is 1250. The number of nitrogens with one attached hydrogen (secondary N) is 1. The summed E-state index contributed by atoms with van der Waals surface area (Å²) in [4.78, 5) is 27.1. The summed E-state index contributed by atoms with van der Waals surface area (Å²) in [6, 6.07) is 6.32. The molecule has 9 heteroatoms. The fourth-order valence-corrected chi connectivity index (χ4v) is 3.27. The van der Waals surface area contributed by atoms with Gasteiger partial charge in [0.1, 0.15) is 5.76 Å². The number of hydrogen-bond acceptors (Lipinski definition) is 5. The van der Waals surface area contributed by atoms with Gasteiger partial charge in [0, 0.05) is 29.4 Å². The minimum Gasteiger partial charge on any atom is -0.455 e. The standard InChI is InChI=1S/C20H9F3N2O3S/c21-20(22,23)14-3-1-2-11(6-14)4-5-12-9-24-10-13-7-15(28-17(12)13)8-16-18(26)25-19(27)29-16/h1-3,6-10H,(H,25,26,27)/b16-8-. The minimum atomic E-state index is -4.45. The third-order valence-corrected chi connectivity index (χ3v) is 4.70. The lowest BCUT2D eigenvalue weighted by atomic mass is 10.1. The number of nitrogens with zero attached hydrogens (tertiary/aromatic N) is 1. The predicted octanol–water partition coefficient (Wildman–Crippen LogP) is 4.57. The molecule has 0 bridgehead atoms. The van der Waals surface area contributed by atoms with Gasteiger partial charge in [-0.05, 0) is 36.0 Å². The van der Waals surface area contributed by atoms with Crippen molar-refractivity contribution in [2.75, 3.05) is 0 Å².